The van der Waals surface area contributed by atoms with E-state index in [-0.39, 0.29) is 33.5 Å². The predicted octanol–water partition coefficient (Wildman–Crippen LogP) is 6.75. The third-order valence-electron chi connectivity index (χ3n) is 6.78. The summed E-state index contributed by atoms with van der Waals surface area (Å²) < 4.78 is 7.18. The second kappa shape index (κ2) is 15.5. The highest BCUT2D eigenvalue weighted by molar-refractivity contribution is 6.39. The van der Waals surface area contributed by atoms with Gasteiger partial charge in [0.2, 0.25) is 0 Å². The van der Waals surface area contributed by atoms with Gasteiger partial charge >= 0.3 is 12.0 Å². The molecule has 13 heteroatoms. The summed E-state index contributed by atoms with van der Waals surface area (Å²) >= 11 is 12.2. The zero-order valence-corrected chi connectivity index (χ0v) is 26.7. The van der Waals surface area contributed by atoms with E-state index >= 15 is 0 Å². The van der Waals surface area contributed by atoms with Crippen molar-refractivity contribution in [3.05, 3.63) is 86.9 Å². The molecule has 0 fully saturated rings. The fourth-order valence-electron chi connectivity index (χ4n) is 4.51. The van der Waals surface area contributed by atoms with Crippen LogP contribution in [0.4, 0.5) is 16.2 Å². The standard InChI is InChI=1S/C32H34Cl2N6O5/c1-4-40-30(41)28(36-32(44)37-29-25(33)18-35-19-26(29)34)17-27(38-40)21-10-8-9-20(13-21)22-14-23(31(42)43)16-24(15-22)45-12-7-5-6-11-39(2)3/h8-10,13-19H,4-7,11-12H2,1-3H3,(H,42,43)(H2,35,36,37,44). The van der Waals surface area contributed by atoms with Gasteiger partial charge in [0.15, 0.2) is 0 Å². The number of urea groups is 1. The minimum atomic E-state index is -1.07. The van der Waals surface area contributed by atoms with Gasteiger partial charge in [-0.2, -0.15) is 5.10 Å². The van der Waals surface area contributed by atoms with Gasteiger partial charge in [0.1, 0.15) is 11.4 Å². The summed E-state index contributed by atoms with van der Waals surface area (Å²) in [6, 6.07) is 12.9. The van der Waals surface area contributed by atoms with E-state index in [1.807, 2.05) is 32.3 Å². The molecule has 0 radical (unpaired) electrons. The lowest BCUT2D eigenvalue weighted by molar-refractivity contribution is 0.0696. The number of aromatic carboxylic acids is 1. The number of anilines is 2. The molecule has 0 saturated carbocycles. The van der Waals surface area contributed by atoms with Crippen molar-refractivity contribution in [3.8, 4) is 28.1 Å². The number of nitrogens with one attached hydrogen (secondary N) is 2. The monoisotopic (exact) mass is 652 g/mol. The molecule has 0 aliphatic heterocycles. The molecule has 0 bridgehead atoms. The first-order valence-corrected chi connectivity index (χ1v) is 15.1. The minimum absolute atomic E-state index is 0.0137. The van der Waals surface area contributed by atoms with Gasteiger partial charge in [-0.25, -0.2) is 14.3 Å². The molecule has 45 heavy (non-hydrogen) atoms. The van der Waals surface area contributed by atoms with Crippen LogP contribution in [0.2, 0.25) is 10.0 Å². The van der Waals surface area contributed by atoms with Crippen molar-refractivity contribution in [2.75, 3.05) is 37.9 Å². The molecule has 2 heterocycles. The maximum absolute atomic E-state index is 13.0. The Balaban J connectivity index is 1.60. The number of hydrogen-bond acceptors (Lipinski definition) is 7. The number of unbranched alkanes of at least 4 members (excludes halogenated alkanes) is 2. The third kappa shape index (κ3) is 9.04. The number of carboxylic acid groups (broad SMARTS) is 1. The number of benzene rings is 2. The maximum Gasteiger partial charge on any atom is 0.335 e. The number of aromatic nitrogens is 3. The van der Waals surface area contributed by atoms with Crippen LogP contribution in [0.15, 0.2) is 65.7 Å². The van der Waals surface area contributed by atoms with Gasteiger partial charge in [0.25, 0.3) is 5.56 Å². The fraction of sp³-hybridized carbons (Fsp3) is 0.281. The van der Waals surface area contributed by atoms with Crippen LogP contribution in [0.3, 0.4) is 0 Å². The van der Waals surface area contributed by atoms with Crippen LogP contribution in [0.1, 0.15) is 36.5 Å². The first-order chi connectivity index (χ1) is 21.5. The number of hydrogen-bond donors (Lipinski definition) is 3. The van der Waals surface area contributed by atoms with Crippen molar-refractivity contribution in [3.63, 3.8) is 0 Å². The summed E-state index contributed by atoms with van der Waals surface area (Å²) in [5.41, 5.74) is 2.16. The number of amides is 2. The molecular formula is C32H34Cl2N6O5. The zero-order valence-electron chi connectivity index (χ0n) is 25.1. The van der Waals surface area contributed by atoms with Crippen LogP contribution >= 0.6 is 23.2 Å². The number of ether oxygens (including phenoxy) is 1. The summed E-state index contributed by atoms with van der Waals surface area (Å²) in [5.74, 6) is -0.601. The van der Waals surface area contributed by atoms with Crippen LogP contribution in [-0.2, 0) is 6.54 Å². The van der Waals surface area contributed by atoms with Gasteiger partial charge in [-0.15, -0.1) is 0 Å². The van der Waals surface area contributed by atoms with Gasteiger partial charge in [-0.05, 0) is 88.3 Å². The Kier molecular flexibility index (Phi) is 11.5. The van der Waals surface area contributed by atoms with Gasteiger partial charge in [-0.3, -0.25) is 9.78 Å². The number of carbonyl (C=O) groups is 2. The van der Waals surface area contributed by atoms with Crippen molar-refractivity contribution in [1.29, 1.82) is 0 Å². The second-order valence-electron chi connectivity index (χ2n) is 10.5. The summed E-state index contributed by atoms with van der Waals surface area (Å²) in [5, 5.41) is 19.6. The molecule has 4 rings (SSSR count). The molecule has 4 aromatic rings. The van der Waals surface area contributed by atoms with Crippen molar-refractivity contribution in [1.82, 2.24) is 19.7 Å². The van der Waals surface area contributed by atoms with E-state index < -0.39 is 17.6 Å². The lowest BCUT2D eigenvalue weighted by atomic mass is 9.99. The van der Waals surface area contributed by atoms with E-state index in [1.165, 1.54) is 29.2 Å². The van der Waals surface area contributed by atoms with Gasteiger partial charge < -0.3 is 25.4 Å². The van der Waals surface area contributed by atoms with Crippen LogP contribution in [0.5, 0.6) is 5.75 Å². The molecule has 0 aliphatic carbocycles. The van der Waals surface area contributed by atoms with Gasteiger partial charge in [0.05, 0.1) is 33.6 Å². The highest BCUT2D eigenvalue weighted by Gasteiger charge is 2.16. The van der Waals surface area contributed by atoms with E-state index in [2.05, 4.69) is 25.6 Å². The average molecular weight is 654 g/mol. The van der Waals surface area contributed by atoms with E-state index in [4.69, 9.17) is 27.9 Å². The molecule has 0 spiro atoms. The normalized spacial score (nSPS) is 11.0. The predicted molar refractivity (Wildman–Crippen MR) is 177 cm³/mol. The molecule has 3 N–H and O–H groups in total. The van der Waals surface area contributed by atoms with Crippen molar-refractivity contribution >= 4 is 46.6 Å². The number of pyridine rings is 1. The maximum atomic E-state index is 13.0. The topological polar surface area (TPSA) is 139 Å². The average Bonchev–Trinajstić information content (AvgIpc) is 3.01. The number of carboxylic acids is 1. The van der Waals surface area contributed by atoms with E-state index in [0.717, 1.165) is 31.4 Å². The highest BCUT2D eigenvalue weighted by atomic mass is 35.5. The zero-order chi connectivity index (χ0) is 32.5. The Morgan fingerprint density at radius 3 is 2.38 bits per heavy atom. The summed E-state index contributed by atoms with van der Waals surface area (Å²) in [4.78, 5) is 43.8. The van der Waals surface area contributed by atoms with E-state index in [1.54, 1.807) is 25.1 Å². The second-order valence-corrected chi connectivity index (χ2v) is 11.3. The summed E-state index contributed by atoms with van der Waals surface area (Å²) in [6.45, 7) is 3.48. The number of aryl methyl sites for hydroxylation is 1. The summed E-state index contributed by atoms with van der Waals surface area (Å²) in [6.07, 6.45) is 5.57. The molecule has 2 aromatic carbocycles. The summed E-state index contributed by atoms with van der Waals surface area (Å²) in [7, 11) is 4.07. The Hall–Kier alpha value is -4.45. The van der Waals surface area contributed by atoms with Crippen molar-refractivity contribution in [2.24, 2.45) is 0 Å². The molecule has 0 unspecified atom stereocenters. The highest BCUT2D eigenvalue weighted by Crippen LogP contribution is 2.31. The van der Waals surface area contributed by atoms with Crippen LogP contribution in [-0.4, -0.2) is 64.0 Å². The molecule has 236 valence electrons. The molecule has 0 saturated heterocycles. The quantitative estimate of drug-likeness (QED) is 0.135. The van der Waals surface area contributed by atoms with Gasteiger partial charge in [-0.1, -0.05) is 41.4 Å². The van der Waals surface area contributed by atoms with E-state index in [0.29, 0.717) is 29.2 Å². The number of halogens is 2. The van der Waals surface area contributed by atoms with Crippen molar-refractivity contribution in [2.45, 2.75) is 32.7 Å². The number of nitrogens with zero attached hydrogens (tertiary/aromatic N) is 4. The Bertz CT molecular complexity index is 1720. The SMILES string of the molecule is CCn1nc(-c2cccc(-c3cc(OCCCCCN(C)C)cc(C(=O)O)c3)c2)cc(NC(=O)Nc2c(Cl)cncc2Cl)c1=O. The smallest absolute Gasteiger partial charge is 0.335 e. The lowest BCUT2D eigenvalue weighted by Crippen LogP contribution is -2.29. The minimum Gasteiger partial charge on any atom is -0.494 e. The Morgan fingerprint density at radius 2 is 1.69 bits per heavy atom. The first kappa shape index (κ1) is 33.4. The van der Waals surface area contributed by atoms with Crippen molar-refractivity contribution < 1.29 is 19.4 Å². The Labute approximate surface area is 270 Å². The lowest BCUT2D eigenvalue weighted by Gasteiger charge is -2.13. The van der Waals surface area contributed by atoms with Crippen LogP contribution < -0.4 is 20.9 Å². The fourth-order valence-corrected chi connectivity index (χ4v) is 4.97. The van der Waals surface area contributed by atoms with Crippen LogP contribution in [0.25, 0.3) is 22.4 Å². The molecule has 2 amide bonds. The molecule has 0 aliphatic rings. The Morgan fingerprint density at radius 1 is 0.956 bits per heavy atom. The molecule has 2 aromatic heterocycles. The van der Waals surface area contributed by atoms with Crippen LogP contribution in [0, 0.1) is 0 Å². The molecule has 11 nitrogen and oxygen atoms in total. The largest absolute Gasteiger partial charge is 0.494 e. The first-order valence-electron chi connectivity index (χ1n) is 14.3. The van der Waals surface area contributed by atoms with Gasteiger partial charge in [0, 0.05) is 24.5 Å². The third-order valence-corrected chi connectivity index (χ3v) is 7.35. The van der Waals surface area contributed by atoms with E-state index in [9.17, 15) is 19.5 Å². The number of carbonyl (C=O) groups excluding carboxylic acids is 1. The number of rotatable bonds is 13. The molecular weight excluding hydrogens is 619 g/mol. The molecule has 0 atom stereocenters.